The summed E-state index contributed by atoms with van der Waals surface area (Å²) in [4.78, 5) is 25.4. The minimum Gasteiger partial charge on any atom is -0.506 e. The molecule has 0 radical (unpaired) electrons. The summed E-state index contributed by atoms with van der Waals surface area (Å²) >= 11 is 2.17. The summed E-state index contributed by atoms with van der Waals surface area (Å²) in [5, 5.41) is 17.7. The molecule has 0 saturated heterocycles. The highest BCUT2D eigenvalue weighted by atomic mass is 32.1. The Bertz CT molecular complexity index is 1220. The summed E-state index contributed by atoms with van der Waals surface area (Å²) < 4.78 is 40.8. The first-order chi connectivity index (χ1) is 15.9. The monoisotopic (exact) mass is 512 g/mol. The van der Waals surface area contributed by atoms with E-state index in [0.717, 1.165) is 23.5 Å². The number of amides is 2. The second kappa shape index (κ2) is 10.2. The number of benzene rings is 1. The molecule has 0 bridgehead atoms. The quantitative estimate of drug-likeness (QED) is 0.321. The van der Waals surface area contributed by atoms with Crippen LogP contribution in [0.2, 0.25) is 0 Å². The van der Waals surface area contributed by atoms with E-state index in [1.54, 1.807) is 26.4 Å². The molecule has 0 aliphatic carbocycles. The van der Waals surface area contributed by atoms with Gasteiger partial charge in [0.05, 0.1) is 25.9 Å². The van der Waals surface area contributed by atoms with Gasteiger partial charge in [0.1, 0.15) is 11.5 Å². The molecule has 34 heavy (non-hydrogen) atoms. The second-order valence-corrected chi connectivity index (χ2v) is 9.00. The lowest BCUT2D eigenvalue weighted by atomic mass is 10.1. The zero-order valence-electron chi connectivity index (χ0n) is 18.1. The molecule has 180 valence electrons. The Hall–Kier alpha value is -3.42. The Kier molecular flexibility index (Phi) is 7.59. The summed E-state index contributed by atoms with van der Waals surface area (Å²) in [6.07, 6.45) is -4.79. The van der Waals surface area contributed by atoms with Crippen LogP contribution in [0.4, 0.5) is 13.2 Å². The number of hydrazine groups is 1. The minimum atomic E-state index is -4.79. The molecule has 8 nitrogen and oxygen atoms in total. The highest BCUT2D eigenvalue weighted by Gasteiger charge is 2.31. The molecular weight excluding hydrogens is 493 g/mol. The van der Waals surface area contributed by atoms with E-state index in [2.05, 4.69) is 20.7 Å². The summed E-state index contributed by atoms with van der Waals surface area (Å²) in [5.74, 6) is -1.36. The van der Waals surface area contributed by atoms with E-state index in [1.165, 1.54) is 40.6 Å². The number of carbonyl (C=O) groups excluding carboxylic acids is 2. The Morgan fingerprint density at radius 1 is 1.06 bits per heavy atom. The smallest absolute Gasteiger partial charge is 0.506 e. The first kappa shape index (κ1) is 25.2. The van der Waals surface area contributed by atoms with Crippen molar-refractivity contribution in [3.8, 4) is 21.9 Å². The first-order valence-corrected chi connectivity index (χ1v) is 11.2. The van der Waals surface area contributed by atoms with E-state index < -0.39 is 12.3 Å². The molecule has 0 fully saturated rings. The van der Waals surface area contributed by atoms with Crippen LogP contribution in [0.5, 0.6) is 11.5 Å². The number of ether oxygens (including phenoxy) is 1. The second-order valence-electron chi connectivity index (χ2n) is 7.04. The SMILES string of the molecule is CC(=NNC(=O)c1ccc(C(=O)NN(C)C)s1)c1csc(-c2ccc(OC(F)(F)F)cc2)c1O. The zero-order chi connectivity index (χ0) is 25.0. The average Bonchev–Trinajstić information content (AvgIpc) is 3.38. The maximum atomic E-state index is 12.4. The summed E-state index contributed by atoms with van der Waals surface area (Å²) in [7, 11) is 3.33. The fourth-order valence-corrected chi connectivity index (χ4v) is 4.51. The predicted molar refractivity (Wildman–Crippen MR) is 123 cm³/mol. The van der Waals surface area contributed by atoms with Crippen molar-refractivity contribution in [1.82, 2.24) is 15.9 Å². The molecule has 3 N–H and O–H groups in total. The van der Waals surface area contributed by atoms with Gasteiger partial charge in [-0.05, 0) is 48.9 Å². The van der Waals surface area contributed by atoms with Gasteiger partial charge in [0.25, 0.3) is 11.8 Å². The fraction of sp³-hybridized carbons (Fsp3) is 0.190. The molecule has 0 aliphatic heterocycles. The van der Waals surface area contributed by atoms with Crippen molar-refractivity contribution in [2.24, 2.45) is 5.10 Å². The van der Waals surface area contributed by atoms with E-state index in [0.29, 0.717) is 26.6 Å². The number of hydrogen-bond acceptors (Lipinski definition) is 8. The Labute approximate surface area is 200 Å². The number of nitrogens with zero attached hydrogens (tertiary/aromatic N) is 2. The van der Waals surface area contributed by atoms with Crippen LogP contribution < -0.4 is 15.6 Å². The molecule has 0 atom stereocenters. The van der Waals surface area contributed by atoms with Crippen molar-refractivity contribution in [3.05, 3.63) is 57.1 Å². The fourth-order valence-electron chi connectivity index (χ4n) is 2.71. The molecule has 3 aromatic rings. The van der Waals surface area contributed by atoms with Gasteiger partial charge in [-0.1, -0.05) is 0 Å². The van der Waals surface area contributed by atoms with Gasteiger partial charge in [0.2, 0.25) is 0 Å². The van der Waals surface area contributed by atoms with Gasteiger partial charge >= 0.3 is 6.36 Å². The van der Waals surface area contributed by atoms with Crippen LogP contribution in [0.3, 0.4) is 0 Å². The molecule has 3 rings (SSSR count). The van der Waals surface area contributed by atoms with Crippen molar-refractivity contribution in [2.45, 2.75) is 13.3 Å². The van der Waals surface area contributed by atoms with Gasteiger partial charge in [-0.15, -0.1) is 35.8 Å². The van der Waals surface area contributed by atoms with Crippen LogP contribution in [-0.4, -0.2) is 48.1 Å². The van der Waals surface area contributed by atoms with Crippen LogP contribution in [0.15, 0.2) is 46.9 Å². The number of carbonyl (C=O) groups is 2. The van der Waals surface area contributed by atoms with E-state index in [9.17, 15) is 27.9 Å². The third-order valence-electron chi connectivity index (χ3n) is 4.21. The zero-order valence-corrected chi connectivity index (χ0v) is 19.7. The van der Waals surface area contributed by atoms with Gasteiger partial charge in [0, 0.05) is 19.5 Å². The van der Waals surface area contributed by atoms with E-state index in [4.69, 9.17) is 0 Å². The van der Waals surface area contributed by atoms with Crippen LogP contribution in [0, 0.1) is 0 Å². The van der Waals surface area contributed by atoms with E-state index in [-0.39, 0.29) is 22.3 Å². The number of nitrogens with one attached hydrogen (secondary N) is 2. The summed E-state index contributed by atoms with van der Waals surface area (Å²) in [6, 6.07) is 8.11. The number of aromatic hydroxyl groups is 1. The number of rotatable bonds is 7. The normalized spacial score (nSPS) is 12.0. The molecule has 13 heteroatoms. The molecule has 0 saturated carbocycles. The van der Waals surface area contributed by atoms with Crippen LogP contribution in [0.1, 0.15) is 31.8 Å². The van der Waals surface area contributed by atoms with Gasteiger partial charge in [-0.2, -0.15) is 5.10 Å². The third kappa shape index (κ3) is 6.34. The van der Waals surface area contributed by atoms with E-state index in [1.807, 2.05) is 0 Å². The summed E-state index contributed by atoms with van der Waals surface area (Å²) in [6.45, 7) is 1.58. The lowest BCUT2D eigenvalue weighted by Crippen LogP contribution is -2.35. The standard InChI is InChI=1S/C21H19F3N4O4S2/c1-11(25-26-19(30)15-8-9-16(34-15)20(31)27-28(2)3)14-10-33-18(17(14)29)12-4-6-13(7-5-12)32-21(22,23)24/h4-10,29H,1-3H3,(H,26,30)(H,27,31). The molecule has 2 amide bonds. The highest BCUT2D eigenvalue weighted by molar-refractivity contribution is 7.16. The topological polar surface area (TPSA) is 103 Å². The predicted octanol–water partition coefficient (Wildman–Crippen LogP) is 4.44. The van der Waals surface area contributed by atoms with Crippen molar-refractivity contribution in [2.75, 3.05) is 14.1 Å². The number of alkyl halides is 3. The molecule has 1 aromatic carbocycles. The molecule has 0 spiro atoms. The summed E-state index contributed by atoms with van der Waals surface area (Å²) in [5.41, 5.74) is 6.12. The van der Waals surface area contributed by atoms with Crippen LogP contribution in [-0.2, 0) is 0 Å². The molecule has 2 heterocycles. The van der Waals surface area contributed by atoms with Gasteiger partial charge < -0.3 is 9.84 Å². The average molecular weight is 513 g/mol. The highest BCUT2D eigenvalue weighted by Crippen LogP contribution is 2.39. The van der Waals surface area contributed by atoms with Crippen molar-refractivity contribution in [1.29, 1.82) is 0 Å². The maximum Gasteiger partial charge on any atom is 0.573 e. The Morgan fingerprint density at radius 3 is 2.26 bits per heavy atom. The molecular formula is C21H19F3N4O4S2. The van der Waals surface area contributed by atoms with Crippen molar-refractivity contribution in [3.63, 3.8) is 0 Å². The third-order valence-corrected chi connectivity index (χ3v) is 6.31. The maximum absolute atomic E-state index is 12.4. The van der Waals surface area contributed by atoms with Gasteiger partial charge in [-0.25, -0.2) is 10.4 Å². The largest absolute Gasteiger partial charge is 0.573 e. The van der Waals surface area contributed by atoms with Crippen molar-refractivity contribution >= 4 is 40.2 Å². The number of halogens is 3. The first-order valence-electron chi connectivity index (χ1n) is 9.54. The van der Waals surface area contributed by atoms with E-state index >= 15 is 0 Å². The van der Waals surface area contributed by atoms with Gasteiger partial charge in [0.15, 0.2) is 0 Å². The van der Waals surface area contributed by atoms with Crippen LogP contribution >= 0.6 is 22.7 Å². The minimum absolute atomic E-state index is 0.122. The molecule has 2 aromatic heterocycles. The lowest BCUT2D eigenvalue weighted by molar-refractivity contribution is -0.274. The number of hydrogen-bond donors (Lipinski definition) is 3. The molecule has 0 unspecified atom stereocenters. The number of hydrazone groups is 1. The Morgan fingerprint density at radius 2 is 1.68 bits per heavy atom. The molecule has 0 aliphatic rings. The van der Waals surface area contributed by atoms with Gasteiger partial charge in [-0.3, -0.25) is 15.0 Å². The number of thiophene rings is 2. The Balaban J connectivity index is 1.69. The van der Waals surface area contributed by atoms with Crippen molar-refractivity contribution < 1.29 is 32.6 Å². The lowest BCUT2D eigenvalue weighted by Gasteiger charge is -2.09. The van der Waals surface area contributed by atoms with Crippen LogP contribution in [0.25, 0.3) is 10.4 Å².